The van der Waals surface area contributed by atoms with Gasteiger partial charge in [-0.15, -0.1) is 5.10 Å². The van der Waals surface area contributed by atoms with Gasteiger partial charge in [0.25, 0.3) is 0 Å². The number of aromatic amines is 1. The zero-order valence-electron chi connectivity index (χ0n) is 31.4. The van der Waals surface area contributed by atoms with Gasteiger partial charge < -0.3 is 19.1 Å². The Hall–Kier alpha value is -5.36. The number of nitrogens with one attached hydrogen (secondary N) is 1. The average molecular weight is 784 g/mol. The third-order valence-corrected chi connectivity index (χ3v) is 9.12. The topological polar surface area (TPSA) is 145 Å². The molecule has 4 aromatic carbocycles. The Morgan fingerprint density at radius 3 is 2.11 bits per heavy atom. The van der Waals surface area contributed by atoms with Crippen LogP contribution >= 0.6 is 23.2 Å². The summed E-state index contributed by atoms with van der Waals surface area (Å²) in [5.74, 6) is 1.48. The number of esters is 1. The number of halogens is 2. The lowest BCUT2D eigenvalue weighted by atomic mass is 9.98. The number of tetrazole rings is 1. The van der Waals surface area contributed by atoms with Crippen LogP contribution in [0, 0.1) is 0 Å². The van der Waals surface area contributed by atoms with Crippen molar-refractivity contribution in [3.63, 3.8) is 0 Å². The molecule has 6 aromatic rings. The minimum absolute atomic E-state index is 0.110. The number of ether oxygens (including phenoxy) is 2. The molecule has 6 rings (SSSR count). The van der Waals surface area contributed by atoms with Gasteiger partial charge in [-0.05, 0) is 110 Å². The summed E-state index contributed by atoms with van der Waals surface area (Å²) in [7, 11) is 0. The number of aromatic nitrogens is 6. The van der Waals surface area contributed by atoms with Crippen LogP contribution in [0.25, 0.3) is 22.5 Å². The first-order chi connectivity index (χ1) is 26.4. The molecule has 0 fully saturated rings. The molecule has 0 unspecified atom stereocenters. The maximum absolute atomic E-state index is 12.4. The van der Waals surface area contributed by atoms with Crippen LogP contribution in [0.15, 0.2) is 97.1 Å². The number of aliphatic hydroxyl groups excluding tert-OH is 1. The number of unbranched alkanes of at least 4 members (excludes halogenated alkanes) is 1. The first-order valence-corrected chi connectivity index (χ1v) is 18.7. The molecule has 0 saturated carbocycles. The predicted octanol–water partition coefficient (Wildman–Crippen LogP) is 8.95. The van der Waals surface area contributed by atoms with E-state index in [-0.39, 0.29) is 18.5 Å². The number of H-pyrrole nitrogens is 1. The van der Waals surface area contributed by atoms with Crippen LogP contribution < -0.4 is 4.74 Å². The van der Waals surface area contributed by atoms with E-state index in [1.54, 1.807) is 76.2 Å². The fourth-order valence-corrected chi connectivity index (χ4v) is 6.08. The van der Waals surface area contributed by atoms with E-state index in [1.165, 1.54) is 0 Å². The van der Waals surface area contributed by atoms with Crippen LogP contribution in [0.4, 0.5) is 0 Å². The summed E-state index contributed by atoms with van der Waals surface area (Å²) < 4.78 is 12.9. The number of hydrogen-bond acceptors (Lipinski definition) is 9. The van der Waals surface area contributed by atoms with Crippen molar-refractivity contribution >= 4 is 35.0 Å². The van der Waals surface area contributed by atoms with Crippen LogP contribution in [0.2, 0.25) is 10.2 Å². The predicted molar refractivity (Wildman–Crippen MR) is 213 cm³/mol. The van der Waals surface area contributed by atoms with E-state index in [0.717, 1.165) is 47.3 Å². The van der Waals surface area contributed by atoms with Crippen molar-refractivity contribution < 1.29 is 24.2 Å². The Morgan fingerprint density at radius 1 is 0.891 bits per heavy atom. The van der Waals surface area contributed by atoms with Crippen molar-refractivity contribution in [2.45, 2.75) is 78.7 Å². The van der Waals surface area contributed by atoms with Crippen molar-refractivity contribution in [1.82, 2.24) is 30.2 Å². The first kappa shape index (κ1) is 40.8. The molecular formula is C42H44Cl2N6O5. The van der Waals surface area contributed by atoms with E-state index < -0.39 is 11.6 Å². The molecule has 13 heteroatoms. The summed E-state index contributed by atoms with van der Waals surface area (Å²) in [5.41, 5.74) is 4.80. The molecule has 11 nitrogen and oxygen atoms in total. The molecule has 0 amide bonds. The molecule has 0 saturated heterocycles. The zero-order valence-corrected chi connectivity index (χ0v) is 32.9. The maximum Gasteiger partial charge on any atom is 0.350 e. The van der Waals surface area contributed by atoms with Gasteiger partial charge in [0, 0.05) is 34.7 Å². The smallest absolute Gasteiger partial charge is 0.350 e. The Morgan fingerprint density at radius 2 is 1.53 bits per heavy atom. The van der Waals surface area contributed by atoms with Gasteiger partial charge in [-0.25, -0.2) is 14.9 Å². The summed E-state index contributed by atoms with van der Waals surface area (Å²) in [4.78, 5) is 28.9. The average Bonchev–Trinajstić information content (AvgIpc) is 3.82. The second-order valence-corrected chi connectivity index (χ2v) is 14.3. The fourth-order valence-electron chi connectivity index (χ4n) is 5.69. The molecule has 0 aliphatic carbocycles. The Labute approximate surface area is 330 Å². The van der Waals surface area contributed by atoms with Crippen molar-refractivity contribution in [2.75, 3.05) is 0 Å². The van der Waals surface area contributed by atoms with Crippen LogP contribution in [-0.2, 0) is 29.1 Å². The summed E-state index contributed by atoms with van der Waals surface area (Å²) in [5, 5.41) is 25.0. The highest BCUT2D eigenvalue weighted by molar-refractivity contribution is 6.30. The van der Waals surface area contributed by atoms with Gasteiger partial charge in [0.2, 0.25) is 0 Å². The molecule has 0 aliphatic rings. The van der Waals surface area contributed by atoms with E-state index in [0.29, 0.717) is 45.1 Å². The number of carbonyl (C=O) groups excluding carboxylic acids is 2. The normalized spacial score (nSPS) is 11.2. The monoisotopic (exact) mass is 782 g/mol. The van der Waals surface area contributed by atoms with E-state index in [2.05, 4.69) is 62.9 Å². The molecule has 0 spiro atoms. The number of carbonyl (C=O) groups is 2. The second kappa shape index (κ2) is 18.8. The summed E-state index contributed by atoms with van der Waals surface area (Å²) in [6.45, 7) is 9.48. The second-order valence-electron chi connectivity index (χ2n) is 13.5. The number of aryl methyl sites for hydroxylation is 1. The minimum atomic E-state index is -1.12. The van der Waals surface area contributed by atoms with Crippen molar-refractivity contribution in [1.29, 1.82) is 0 Å². The zero-order chi connectivity index (χ0) is 39.5. The lowest BCUT2D eigenvalue weighted by Crippen LogP contribution is -2.40. The molecule has 0 atom stereocenters. The number of nitrogens with zero attached hydrogens (tertiary/aromatic N) is 5. The van der Waals surface area contributed by atoms with Gasteiger partial charge in [0.15, 0.2) is 22.4 Å². The van der Waals surface area contributed by atoms with Crippen LogP contribution in [-0.4, -0.2) is 58.7 Å². The van der Waals surface area contributed by atoms with Crippen molar-refractivity contribution in [3.8, 4) is 28.3 Å². The summed E-state index contributed by atoms with van der Waals surface area (Å²) in [6, 6.07) is 29.7. The van der Waals surface area contributed by atoms with Crippen LogP contribution in [0.1, 0.15) is 80.5 Å². The number of aliphatic hydroxyl groups is 1. The largest absolute Gasteiger partial charge is 0.476 e. The van der Waals surface area contributed by atoms with E-state index in [9.17, 15) is 14.7 Å². The van der Waals surface area contributed by atoms with Gasteiger partial charge in [-0.3, -0.25) is 4.79 Å². The lowest BCUT2D eigenvalue weighted by molar-refractivity contribution is -0.163. The SMILES string of the molecule is CC(C)OC(=O)C(C)(C)Oc1ccc(C(=O)c2ccc(Cl)cc2)cc1.CCCCc1nc(Cl)c(CO)n1Cc1ccc(-c2ccccc2-c2nnn[nH]2)cc1. The maximum atomic E-state index is 12.4. The molecule has 286 valence electrons. The van der Waals surface area contributed by atoms with Crippen LogP contribution in [0.5, 0.6) is 5.75 Å². The third kappa shape index (κ3) is 10.7. The molecule has 2 aromatic heterocycles. The highest BCUT2D eigenvalue weighted by Gasteiger charge is 2.32. The quantitative estimate of drug-likeness (QED) is 0.0817. The van der Waals surface area contributed by atoms with Gasteiger partial charge in [-0.1, -0.05) is 85.1 Å². The summed E-state index contributed by atoms with van der Waals surface area (Å²) >= 11 is 12.1. The highest BCUT2D eigenvalue weighted by atomic mass is 35.5. The molecule has 2 heterocycles. The Balaban J connectivity index is 0.000000215. The Bertz CT molecular complexity index is 2170. The molecular weight excluding hydrogens is 739 g/mol. The summed E-state index contributed by atoms with van der Waals surface area (Å²) in [6.07, 6.45) is 2.74. The van der Waals surface area contributed by atoms with Crippen LogP contribution in [0.3, 0.4) is 0 Å². The van der Waals surface area contributed by atoms with E-state index in [1.807, 2.05) is 22.8 Å². The Kier molecular flexibility index (Phi) is 13.9. The highest BCUT2D eigenvalue weighted by Crippen LogP contribution is 2.30. The first-order valence-electron chi connectivity index (χ1n) is 18.0. The van der Waals surface area contributed by atoms with Gasteiger partial charge in [0.1, 0.15) is 11.6 Å². The molecule has 55 heavy (non-hydrogen) atoms. The van der Waals surface area contributed by atoms with Gasteiger partial charge in [0.05, 0.1) is 18.4 Å². The van der Waals surface area contributed by atoms with Crippen molar-refractivity contribution in [3.05, 3.63) is 135 Å². The standard InChI is InChI=1S/C22H23ClN6O.C20H21ClO4/c1-2-3-8-20-24-21(23)19(14-30)29(20)13-15-9-11-16(12-10-15)17-6-4-5-7-18(17)22-25-27-28-26-22;1-13(2)24-19(23)20(3,4)25-17-11-7-15(8-12-17)18(22)14-5-9-16(21)10-6-14/h4-7,9-12,30H,2-3,8,13-14H2,1H3,(H,25,26,27,28);5-13H,1-4H3. The van der Waals surface area contributed by atoms with Crippen molar-refractivity contribution in [2.24, 2.45) is 0 Å². The molecule has 2 N–H and O–H groups in total. The molecule has 0 aliphatic heterocycles. The third-order valence-electron chi connectivity index (χ3n) is 8.57. The van der Waals surface area contributed by atoms with Gasteiger partial charge in [-0.2, -0.15) is 0 Å². The number of hydrogen-bond donors (Lipinski definition) is 2. The fraction of sp³-hybridized carbons (Fsp3) is 0.286. The number of benzene rings is 4. The lowest BCUT2D eigenvalue weighted by Gasteiger charge is -2.25. The molecule has 0 radical (unpaired) electrons. The number of rotatable bonds is 14. The molecule has 0 bridgehead atoms. The number of ketones is 1. The van der Waals surface area contributed by atoms with E-state index >= 15 is 0 Å². The minimum Gasteiger partial charge on any atom is -0.476 e. The van der Waals surface area contributed by atoms with E-state index in [4.69, 9.17) is 32.7 Å². The number of imidazole rings is 1. The van der Waals surface area contributed by atoms with Gasteiger partial charge >= 0.3 is 5.97 Å².